The fourth-order valence-corrected chi connectivity index (χ4v) is 2.05. The zero-order valence-corrected chi connectivity index (χ0v) is 12.2. The number of para-hydroxylation sites is 1. The van der Waals surface area contributed by atoms with E-state index in [2.05, 4.69) is 4.98 Å². The van der Waals surface area contributed by atoms with Crippen LogP contribution in [-0.2, 0) is 6.54 Å². The summed E-state index contributed by atoms with van der Waals surface area (Å²) in [5, 5.41) is 19.8. The maximum atomic E-state index is 10.8. The number of rotatable bonds is 5. The zero-order valence-electron chi connectivity index (χ0n) is 12.2. The Morgan fingerprint density at radius 1 is 1.36 bits per heavy atom. The van der Waals surface area contributed by atoms with Crippen LogP contribution >= 0.6 is 0 Å². The molecular weight excluding hydrogens is 284 g/mol. The minimum atomic E-state index is -0.616. The molecule has 1 aromatic carbocycles. The van der Waals surface area contributed by atoms with Gasteiger partial charge in [0.15, 0.2) is 0 Å². The number of hydrogen-bond acceptors (Lipinski definition) is 6. The largest absolute Gasteiger partial charge is 0.496 e. The number of nitriles is 1. The van der Waals surface area contributed by atoms with Crippen molar-refractivity contribution < 1.29 is 9.66 Å². The average molecular weight is 298 g/mol. The molecule has 1 heterocycles. The molecule has 0 radical (unpaired) electrons. The first-order valence-electron chi connectivity index (χ1n) is 6.45. The second-order valence-corrected chi connectivity index (χ2v) is 4.57. The molecule has 0 atom stereocenters. The van der Waals surface area contributed by atoms with Gasteiger partial charge in [0.05, 0.1) is 12.0 Å². The summed E-state index contributed by atoms with van der Waals surface area (Å²) < 4.78 is 5.29. The first kappa shape index (κ1) is 15.3. The van der Waals surface area contributed by atoms with Gasteiger partial charge in [-0.2, -0.15) is 5.26 Å². The van der Waals surface area contributed by atoms with Crippen molar-refractivity contribution in [2.75, 3.05) is 19.1 Å². The minimum absolute atomic E-state index is 0.200. The highest BCUT2D eigenvalue weighted by Crippen LogP contribution is 2.23. The summed E-state index contributed by atoms with van der Waals surface area (Å²) in [5.41, 5.74) is 0.456. The predicted molar refractivity (Wildman–Crippen MR) is 80.7 cm³/mol. The van der Waals surface area contributed by atoms with E-state index in [1.54, 1.807) is 25.1 Å². The lowest BCUT2D eigenvalue weighted by atomic mass is 10.2. The summed E-state index contributed by atoms with van der Waals surface area (Å²) in [6.45, 7) is 0.500. The molecule has 0 spiro atoms. The van der Waals surface area contributed by atoms with E-state index in [0.29, 0.717) is 12.4 Å². The van der Waals surface area contributed by atoms with E-state index >= 15 is 0 Å². The van der Waals surface area contributed by atoms with E-state index in [9.17, 15) is 10.1 Å². The highest BCUT2D eigenvalue weighted by atomic mass is 16.6. The lowest BCUT2D eigenvalue weighted by Gasteiger charge is -2.19. The lowest BCUT2D eigenvalue weighted by Crippen LogP contribution is -2.18. The molecule has 112 valence electrons. The SMILES string of the molecule is COc1ccccc1CN(C)c1ccc([N+](=O)[O-])c(C#N)n1. The molecule has 1 aromatic heterocycles. The molecule has 22 heavy (non-hydrogen) atoms. The molecule has 0 unspecified atom stereocenters. The third-order valence-corrected chi connectivity index (χ3v) is 3.15. The first-order chi connectivity index (χ1) is 10.6. The molecule has 0 N–H and O–H groups in total. The Morgan fingerprint density at radius 3 is 2.73 bits per heavy atom. The van der Waals surface area contributed by atoms with Crippen LogP contribution in [0.3, 0.4) is 0 Å². The maximum Gasteiger partial charge on any atom is 0.305 e. The number of aromatic nitrogens is 1. The molecule has 0 amide bonds. The van der Waals surface area contributed by atoms with Crippen molar-refractivity contribution in [3.05, 3.63) is 57.8 Å². The molecule has 7 nitrogen and oxygen atoms in total. The second-order valence-electron chi connectivity index (χ2n) is 4.57. The van der Waals surface area contributed by atoms with Gasteiger partial charge < -0.3 is 9.64 Å². The van der Waals surface area contributed by atoms with Crippen LogP contribution in [0.1, 0.15) is 11.3 Å². The normalized spacial score (nSPS) is 9.86. The monoisotopic (exact) mass is 298 g/mol. The molecule has 0 aliphatic rings. The van der Waals surface area contributed by atoms with Gasteiger partial charge >= 0.3 is 5.69 Å². The molecule has 0 aliphatic carbocycles. The molecule has 0 aliphatic heterocycles. The highest BCUT2D eigenvalue weighted by molar-refractivity contribution is 5.52. The van der Waals surface area contributed by atoms with Gasteiger partial charge in [-0.25, -0.2) is 4.98 Å². The Hall–Kier alpha value is -3.14. The minimum Gasteiger partial charge on any atom is -0.496 e. The number of hydrogen-bond donors (Lipinski definition) is 0. The van der Waals surface area contributed by atoms with Crippen molar-refractivity contribution in [3.8, 4) is 11.8 Å². The van der Waals surface area contributed by atoms with E-state index in [4.69, 9.17) is 10.00 Å². The van der Waals surface area contributed by atoms with Crippen LogP contribution in [0.15, 0.2) is 36.4 Å². The van der Waals surface area contributed by atoms with Gasteiger partial charge in [0.25, 0.3) is 0 Å². The third kappa shape index (κ3) is 3.12. The van der Waals surface area contributed by atoms with Crippen molar-refractivity contribution in [1.29, 1.82) is 5.26 Å². The third-order valence-electron chi connectivity index (χ3n) is 3.15. The Bertz CT molecular complexity index is 740. The molecule has 2 rings (SSSR count). The van der Waals surface area contributed by atoms with Gasteiger partial charge in [-0.15, -0.1) is 0 Å². The summed E-state index contributed by atoms with van der Waals surface area (Å²) in [6, 6.07) is 12.1. The summed E-state index contributed by atoms with van der Waals surface area (Å²) in [5.74, 6) is 1.23. The van der Waals surface area contributed by atoms with Gasteiger partial charge in [0, 0.05) is 25.2 Å². The van der Waals surface area contributed by atoms with Gasteiger partial charge in [-0.05, 0) is 12.1 Å². The van der Waals surface area contributed by atoms with Gasteiger partial charge in [0.1, 0.15) is 17.6 Å². The van der Waals surface area contributed by atoms with Crippen LogP contribution in [-0.4, -0.2) is 24.1 Å². The van der Waals surface area contributed by atoms with Crippen LogP contribution in [0.5, 0.6) is 5.75 Å². The molecule has 0 saturated carbocycles. The second kappa shape index (κ2) is 6.54. The quantitative estimate of drug-likeness (QED) is 0.622. The average Bonchev–Trinajstić information content (AvgIpc) is 2.54. The van der Waals surface area contributed by atoms with Gasteiger partial charge in [-0.1, -0.05) is 18.2 Å². The Morgan fingerprint density at radius 2 is 2.09 bits per heavy atom. The Labute approximate surface area is 127 Å². The molecule has 7 heteroatoms. The van der Waals surface area contributed by atoms with Gasteiger partial charge in [0.2, 0.25) is 5.69 Å². The van der Waals surface area contributed by atoms with E-state index in [-0.39, 0.29) is 11.4 Å². The van der Waals surface area contributed by atoms with Crippen molar-refractivity contribution in [3.63, 3.8) is 0 Å². The topological polar surface area (TPSA) is 92.3 Å². The van der Waals surface area contributed by atoms with E-state index in [0.717, 1.165) is 11.3 Å². The van der Waals surface area contributed by atoms with Crippen LogP contribution < -0.4 is 9.64 Å². The number of methoxy groups -OCH3 is 1. The smallest absolute Gasteiger partial charge is 0.305 e. The summed E-state index contributed by atoms with van der Waals surface area (Å²) >= 11 is 0. The molecular formula is C15H14N4O3. The molecule has 0 saturated heterocycles. The first-order valence-corrected chi connectivity index (χ1v) is 6.45. The fraction of sp³-hybridized carbons (Fsp3) is 0.200. The van der Waals surface area contributed by atoms with Crippen molar-refractivity contribution >= 4 is 11.5 Å². The molecule has 0 fully saturated rings. The number of nitro groups is 1. The van der Waals surface area contributed by atoms with Crippen LogP contribution in [0.4, 0.5) is 11.5 Å². The summed E-state index contributed by atoms with van der Waals surface area (Å²) in [6.07, 6.45) is 0. The number of ether oxygens (including phenoxy) is 1. The lowest BCUT2D eigenvalue weighted by molar-refractivity contribution is -0.385. The number of pyridine rings is 1. The van der Waals surface area contributed by atoms with Crippen molar-refractivity contribution in [2.45, 2.75) is 6.54 Å². The number of nitrogens with zero attached hydrogens (tertiary/aromatic N) is 4. The Balaban J connectivity index is 2.28. The van der Waals surface area contributed by atoms with Gasteiger partial charge in [-0.3, -0.25) is 10.1 Å². The van der Waals surface area contributed by atoms with Crippen molar-refractivity contribution in [2.24, 2.45) is 0 Å². The zero-order chi connectivity index (χ0) is 16.1. The van der Waals surface area contributed by atoms with Crippen molar-refractivity contribution in [1.82, 2.24) is 4.98 Å². The van der Waals surface area contributed by atoms with Crippen LogP contribution in [0, 0.1) is 21.4 Å². The van der Waals surface area contributed by atoms with E-state index < -0.39 is 4.92 Å². The van der Waals surface area contributed by atoms with E-state index in [1.165, 1.54) is 12.1 Å². The number of anilines is 1. The summed E-state index contributed by atoms with van der Waals surface area (Å²) in [4.78, 5) is 16.0. The maximum absolute atomic E-state index is 10.8. The molecule has 0 bridgehead atoms. The summed E-state index contributed by atoms with van der Waals surface area (Å²) in [7, 11) is 3.39. The predicted octanol–water partition coefficient (Wildman–Crippen LogP) is 2.51. The number of benzene rings is 1. The fourth-order valence-electron chi connectivity index (χ4n) is 2.05. The Kier molecular flexibility index (Phi) is 4.53. The van der Waals surface area contributed by atoms with Crippen LogP contribution in [0.25, 0.3) is 0 Å². The van der Waals surface area contributed by atoms with E-state index in [1.807, 2.05) is 24.3 Å². The standard InChI is InChI=1S/C15H14N4O3/c1-18(10-11-5-3-4-6-14(11)22-2)15-8-7-13(19(20)21)12(9-16)17-15/h3-8H,10H2,1-2H3. The molecule has 2 aromatic rings. The highest BCUT2D eigenvalue weighted by Gasteiger charge is 2.17. The van der Waals surface area contributed by atoms with Crippen LogP contribution in [0.2, 0.25) is 0 Å².